The van der Waals surface area contributed by atoms with Crippen LogP contribution in [-0.2, 0) is 0 Å². The van der Waals surface area contributed by atoms with Crippen molar-refractivity contribution in [2.45, 2.75) is 0 Å². The lowest BCUT2D eigenvalue weighted by atomic mass is 10.2. The zero-order chi connectivity index (χ0) is 12.3. The second-order valence-electron chi connectivity index (χ2n) is 3.15. The first-order valence-corrected chi connectivity index (χ1v) is 5.01. The van der Waals surface area contributed by atoms with Gasteiger partial charge in [0.25, 0.3) is 0 Å². The number of nitriles is 1. The Hall–Kier alpha value is -2.19. The average Bonchev–Trinajstić information content (AvgIpc) is 2.29. The Morgan fingerprint density at radius 1 is 1.29 bits per heavy atom. The maximum absolute atomic E-state index is 12.8. The van der Waals surface area contributed by atoms with Gasteiger partial charge in [-0.3, -0.25) is 0 Å². The molecule has 2 rings (SSSR count). The molecular weight excluding hydrogens is 243 g/mol. The highest BCUT2D eigenvalue weighted by atomic mass is 35.5. The molecule has 2 aromatic rings. The van der Waals surface area contributed by atoms with Crippen LogP contribution in [0.3, 0.4) is 0 Å². The molecule has 17 heavy (non-hydrogen) atoms. The van der Waals surface area contributed by atoms with E-state index < -0.39 is 5.95 Å². The average molecular weight is 249 g/mol. The summed E-state index contributed by atoms with van der Waals surface area (Å²) in [4.78, 5) is 7.16. The molecule has 1 aromatic heterocycles. The Kier molecular flexibility index (Phi) is 3.17. The minimum atomic E-state index is -0.650. The predicted octanol–water partition coefficient (Wildman–Crippen LogP) is 2.88. The standard InChI is InChI=1S/C11H6ClFN4/c12-8-2-1-7(5-14)9(3-8)17-11-4-10(13)15-6-16-11/h1-4,6H,(H,15,16,17). The number of aromatic nitrogens is 2. The third-order valence-electron chi connectivity index (χ3n) is 2.00. The molecule has 4 nitrogen and oxygen atoms in total. The molecule has 1 heterocycles. The topological polar surface area (TPSA) is 61.6 Å². The van der Waals surface area contributed by atoms with Gasteiger partial charge in [-0.05, 0) is 18.2 Å². The molecule has 0 aliphatic rings. The molecule has 6 heteroatoms. The molecule has 1 N–H and O–H groups in total. The number of halogens is 2. The molecule has 1 aromatic carbocycles. The van der Waals surface area contributed by atoms with Crippen LogP contribution in [0.5, 0.6) is 0 Å². The van der Waals surface area contributed by atoms with Gasteiger partial charge in [-0.25, -0.2) is 9.97 Å². The highest BCUT2D eigenvalue weighted by molar-refractivity contribution is 6.30. The maximum atomic E-state index is 12.8. The molecule has 0 spiro atoms. The van der Waals surface area contributed by atoms with E-state index >= 15 is 0 Å². The Morgan fingerprint density at radius 2 is 2.12 bits per heavy atom. The molecule has 0 saturated carbocycles. The largest absolute Gasteiger partial charge is 0.339 e. The molecule has 0 radical (unpaired) electrons. The first-order chi connectivity index (χ1) is 8.19. The summed E-state index contributed by atoms with van der Waals surface area (Å²) >= 11 is 5.82. The summed E-state index contributed by atoms with van der Waals surface area (Å²) in [6.45, 7) is 0. The van der Waals surface area contributed by atoms with E-state index in [1.54, 1.807) is 18.2 Å². The Bertz CT molecular complexity index is 594. The zero-order valence-corrected chi connectivity index (χ0v) is 9.24. The molecule has 0 atom stereocenters. The minimum absolute atomic E-state index is 0.260. The van der Waals surface area contributed by atoms with Crippen LogP contribution in [0.25, 0.3) is 0 Å². The van der Waals surface area contributed by atoms with Crippen molar-refractivity contribution in [1.82, 2.24) is 9.97 Å². The number of anilines is 2. The SMILES string of the molecule is N#Cc1ccc(Cl)cc1Nc1cc(F)ncn1. The van der Waals surface area contributed by atoms with Gasteiger partial charge in [0.05, 0.1) is 11.3 Å². The fourth-order valence-electron chi connectivity index (χ4n) is 1.26. The number of nitrogens with one attached hydrogen (secondary N) is 1. The predicted molar refractivity (Wildman–Crippen MR) is 61.4 cm³/mol. The molecule has 0 aliphatic heterocycles. The first kappa shape index (κ1) is 11.3. The Labute approximate surface area is 102 Å². The van der Waals surface area contributed by atoms with Crippen LogP contribution in [0.15, 0.2) is 30.6 Å². The smallest absolute Gasteiger partial charge is 0.218 e. The normalized spacial score (nSPS) is 9.71. The molecule has 0 saturated heterocycles. The van der Waals surface area contributed by atoms with Crippen LogP contribution in [0, 0.1) is 17.3 Å². The molecule has 0 bridgehead atoms. The van der Waals surface area contributed by atoms with Gasteiger partial charge in [0, 0.05) is 11.1 Å². The van der Waals surface area contributed by atoms with E-state index in [9.17, 15) is 4.39 Å². The van der Waals surface area contributed by atoms with Crippen LogP contribution in [-0.4, -0.2) is 9.97 Å². The van der Waals surface area contributed by atoms with Gasteiger partial charge >= 0.3 is 0 Å². The number of hydrogen-bond donors (Lipinski definition) is 1. The van der Waals surface area contributed by atoms with E-state index in [1.807, 2.05) is 6.07 Å². The van der Waals surface area contributed by atoms with Crippen molar-refractivity contribution in [3.63, 3.8) is 0 Å². The van der Waals surface area contributed by atoms with Crippen molar-refractivity contribution >= 4 is 23.1 Å². The lowest BCUT2D eigenvalue weighted by Crippen LogP contribution is -1.97. The third kappa shape index (κ3) is 2.68. The van der Waals surface area contributed by atoms with Gasteiger partial charge in [-0.2, -0.15) is 9.65 Å². The van der Waals surface area contributed by atoms with Crippen molar-refractivity contribution in [3.05, 3.63) is 47.1 Å². The third-order valence-corrected chi connectivity index (χ3v) is 2.23. The van der Waals surface area contributed by atoms with Crippen molar-refractivity contribution in [2.24, 2.45) is 0 Å². The highest BCUT2D eigenvalue weighted by Crippen LogP contribution is 2.23. The summed E-state index contributed by atoms with van der Waals surface area (Å²) in [6, 6.07) is 7.87. The van der Waals surface area contributed by atoms with Crippen LogP contribution in [0.4, 0.5) is 15.9 Å². The van der Waals surface area contributed by atoms with E-state index in [-0.39, 0.29) is 5.82 Å². The molecule has 0 amide bonds. The summed E-state index contributed by atoms with van der Waals surface area (Å²) in [5.41, 5.74) is 0.867. The van der Waals surface area contributed by atoms with Crippen molar-refractivity contribution < 1.29 is 4.39 Å². The summed E-state index contributed by atoms with van der Waals surface area (Å²) in [6.07, 6.45) is 1.09. The number of rotatable bonds is 2. The second kappa shape index (κ2) is 4.76. The van der Waals surface area contributed by atoms with Gasteiger partial charge < -0.3 is 5.32 Å². The first-order valence-electron chi connectivity index (χ1n) is 4.63. The second-order valence-corrected chi connectivity index (χ2v) is 3.59. The molecule has 0 unspecified atom stereocenters. The van der Waals surface area contributed by atoms with Crippen LogP contribution in [0.1, 0.15) is 5.56 Å². The summed E-state index contributed by atoms with van der Waals surface area (Å²) < 4.78 is 12.8. The zero-order valence-electron chi connectivity index (χ0n) is 8.48. The maximum Gasteiger partial charge on any atom is 0.218 e. The van der Waals surface area contributed by atoms with Gasteiger partial charge in [0.2, 0.25) is 5.95 Å². The van der Waals surface area contributed by atoms with Crippen molar-refractivity contribution in [2.75, 3.05) is 5.32 Å². The van der Waals surface area contributed by atoms with Crippen LogP contribution < -0.4 is 5.32 Å². The summed E-state index contributed by atoms with van der Waals surface area (Å²) in [5, 5.41) is 12.2. The van der Waals surface area contributed by atoms with E-state index in [1.165, 1.54) is 0 Å². The van der Waals surface area contributed by atoms with Crippen LogP contribution in [0.2, 0.25) is 5.02 Å². The number of hydrogen-bond acceptors (Lipinski definition) is 4. The molecule has 0 fully saturated rings. The quantitative estimate of drug-likeness (QED) is 0.830. The summed E-state index contributed by atoms with van der Waals surface area (Å²) in [7, 11) is 0. The van der Waals surface area contributed by atoms with Crippen molar-refractivity contribution in [1.29, 1.82) is 5.26 Å². The fourth-order valence-corrected chi connectivity index (χ4v) is 1.43. The summed E-state index contributed by atoms with van der Waals surface area (Å²) in [5.74, 6) is -0.390. The van der Waals surface area contributed by atoms with E-state index in [0.717, 1.165) is 12.4 Å². The van der Waals surface area contributed by atoms with Crippen LogP contribution >= 0.6 is 11.6 Å². The monoisotopic (exact) mass is 248 g/mol. The van der Waals surface area contributed by atoms with E-state index in [4.69, 9.17) is 16.9 Å². The van der Waals surface area contributed by atoms with Gasteiger partial charge in [-0.1, -0.05) is 11.6 Å². The lowest BCUT2D eigenvalue weighted by Gasteiger charge is -2.07. The molecular formula is C11H6ClFN4. The molecule has 84 valence electrons. The number of nitrogens with zero attached hydrogens (tertiary/aromatic N) is 3. The van der Waals surface area contributed by atoms with E-state index in [0.29, 0.717) is 16.3 Å². The van der Waals surface area contributed by atoms with Gasteiger partial charge in [-0.15, -0.1) is 0 Å². The Balaban J connectivity index is 2.36. The highest BCUT2D eigenvalue weighted by Gasteiger charge is 2.05. The minimum Gasteiger partial charge on any atom is -0.339 e. The lowest BCUT2D eigenvalue weighted by molar-refractivity contribution is 0.580. The van der Waals surface area contributed by atoms with Gasteiger partial charge in [0.15, 0.2) is 0 Å². The Morgan fingerprint density at radius 3 is 2.82 bits per heavy atom. The van der Waals surface area contributed by atoms with E-state index in [2.05, 4.69) is 15.3 Å². The van der Waals surface area contributed by atoms with Crippen molar-refractivity contribution in [3.8, 4) is 6.07 Å². The number of benzene rings is 1. The van der Waals surface area contributed by atoms with Gasteiger partial charge in [0.1, 0.15) is 18.2 Å². The fraction of sp³-hybridized carbons (Fsp3) is 0. The molecule has 0 aliphatic carbocycles.